The van der Waals surface area contributed by atoms with Gasteiger partial charge in [0.25, 0.3) is 0 Å². The molecule has 1 amide bonds. The Morgan fingerprint density at radius 2 is 1.84 bits per heavy atom. The number of aryl methyl sites for hydroxylation is 1. The Kier molecular flexibility index (Phi) is 6.92. The van der Waals surface area contributed by atoms with Crippen LogP contribution in [0, 0.1) is 0 Å². The first-order valence-electron chi connectivity index (χ1n) is 10.7. The van der Waals surface area contributed by atoms with Gasteiger partial charge in [0.2, 0.25) is 15.8 Å². The average Bonchev–Trinajstić information content (AvgIpc) is 2.72. The molecule has 0 saturated carbocycles. The van der Waals surface area contributed by atoms with Gasteiger partial charge in [-0.15, -0.1) is 0 Å². The number of nitrogens with two attached hydrogens (primary N) is 1. The molecular formula is C22H31N5O4S. The molecule has 0 aliphatic carbocycles. The lowest BCUT2D eigenvalue weighted by Gasteiger charge is -2.32. The maximum atomic E-state index is 13.0. The van der Waals surface area contributed by atoms with Crippen LogP contribution in [0.3, 0.4) is 0 Å². The number of nitrogen functional groups attached to an aromatic ring is 1. The van der Waals surface area contributed by atoms with Crippen molar-refractivity contribution in [1.29, 1.82) is 0 Å². The van der Waals surface area contributed by atoms with Crippen molar-refractivity contribution in [3.8, 4) is 0 Å². The summed E-state index contributed by atoms with van der Waals surface area (Å²) in [4.78, 5) is 22.5. The van der Waals surface area contributed by atoms with Gasteiger partial charge in [-0.2, -0.15) is 4.98 Å². The third kappa shape index (κ3) is 5.67. The lowest BCUT2D eigenvalue weighted by atomic mass is 10.1. The highest BCUT2D eigenvalue weighted by Crippen LogP contribution is 2.27. The van der Waals surface area contributed by atoms with Crippen molar-refractivity contribution in [2.24, 2.45) is 0 Å². The highest BCUT2D eigenvalue weighted by molar-refractivity contribution is 7.91. The largest absolute Gasteiger partial charge is 0.444 e. The zero-order chi connectivity index (χ0) is 23.5. The van der Waals surface area contributed by atoms with Gasteiger partial charge in [0, 0.05) is 19.1 Å². The number of piperidine rings is 1. The van der Waals surface area contributed by atoms with Crippen molar-refractivity contribution in [1.82, 2.24) is 15.3 Å². The minimum atomic E-state index is -3.81. The number of hydrogen-bond acceptors (Lipinski definition) is 8. The molecule has 1 saturated heterocycles. The number of alkyl carbamates (subject to hydrolysis) is 1. The molecule has 0 radical (unpaired) electrons. The normalized spacial score (nSPS) is 15.4. The molecule has 9 nitrogen and oxygen atoms in total. The van der Waals surface area contributed by atoms with Crippen LogP contribution in [0.1, 0.15) is 46.1 Å². The number of benzene rings is 1. The molecule has 32 heavy (non-hydrogen) atoms. The van der Waals surface area contributed by atoms with E-state index in [1.165, 1.54) is 6.20 Å². The topological polar surface area (TPSA) is 128 Å². The number of amides is 1. The van der Waals surface area contributed by atoms with E-state index >= 15 is 0 Å². The Morgan fingerprint density at radius 1 is 1.22 bits per heavy atom. The second-order valence-corrected chi connectivity index (χ2v) is 10.7. The molecule has 1 fully saturated rings. The van der Waals surface area contributed by atoms with Gasteiger partial charge in [-0.25, -0.2) is 18.2 Å². The summed E-state index contributed by atoms with van der Waals surface area (Å²) in [5.74, 6) is 0.294. The molecule has 174 valence electrons. The van der Waals surface area contributed by atoms with Gasteiger partial charge in [0.05, 0.1) is 11.1 Å². The number of anilines is 2. The van der Waals surface area contributed by atoms with Crippen molar-refractivity contribution in [2.75, 3.05) is 23.7 Å². The second-order valence-electron chi connectivity index (χ2n) is 8.83. The van der Waals surface area contributed by atoms with E-state index < -0.39 is 21.5 Å². The summed E-state index contributed by atoms with van der Waals surface area (Å²) in [6, 6.07) is 6.71. The monoisotopic (exact) mass is 461 g/mol. The van der Waals surface area contributed by atoms with Gasteiger partial charge < -0.3 is 20.7 Å². The minimum absolute atomic E-state index is 0.0100. The maximum Gasteiger partial charge on any atom is 0.407 e. The molecule has 0 unspecified atom stereocenters. The summed E-state index contributed by atoms with van der Waals surface area (Å²) in [5, 5.41) is 2.88. The third-order valence-corrected chi connectivity index (χ3v) is 6.99. The third-order valence-electron chi connectivity index (χ3n) is 5.20. The number of carbonyl (C=O) groups is 1. The molecular weight excluding hydrogens is 430 g/mol. The van der Waals surface area contributed by atoms with E-state index in [0.717, 1.165) is 12.0 Å². The van der Waals surface area contributed by atoms with E-state index in [9.17, 15) is 13.2 Å². The fourth-order valence-corrected chi connectivity index (χ4v) is 4.72. The highest BCUT2D eigenvalue weighted by Gasteiger charge is 2.27. The number of aromatic nitrogens is 2. The first-order valence-corrected chi connectivity index (χ1v) is 12.2. The molecule has 3 N–H and O–H groups in total. The van der Waals surface area contributed by atoms with Crippen LogP contribution in [-0.4, -0.2) is 49.2 Å². The summed E-state index contributed by atoms with van der Waals surface area (Å²) in [5.41, 5.74) is 6.53. The van der Waals surface area contributed by atoms with Crippen molar-refractivity contribution in [3.05, 3.63) is 36.0 Å². The lowest BCUT2D eigenvalue weighted by Crippen LogP contribution is -2.46. The van der Waals surface area contributed by atoms with E-state index in [2.05, 4.69) is 15.3 Å². The van der Waals surface area contributed by atoms with Crippen LogP contribution in [-0.2, 0) is 21.0 Å². The molecule has 0 bridgehead atoms. The van der Waals surface area contributed by atoms with Crippen LogP contribution in [0.25, 0.3) is 0 Å². The van der Waals surface area contributed by atoms with Gasteiger partial charge in [-0.05, 0) is 57.7 Å². The molecule has 0 atom stereocenters. The summed E-state index contributed by atoms with van der Waals surface area (Å²) in [6.45, 7) is 8.67. The zero-order valence-corrected chi connectivity index (χ0v) is 19.8. The van der Waals surface area contributed by atoms with E-state index in [1.54, 1.807) is 24.3 Å². The second kappa shape index (κ2) is 9.32. The number of carbonyl (C=O) groups excluding carboxylic acids is 1. The van der Waals surface area contributed by atoms with E-state index in [4.69, 9.17) is 10.5 Å². The Hall–Kier alpha value is -2.88. The Balaban J connectivity index is 1.66. The summed E-state index contributed by atoms with van der Waals surface area (Å²) in [6.07, 6.45) is 3.03. The van der Waals surface area contributed by atoms with Crippen LogP contribution in [0.4, 0.5) is 16.6 Å². The van der Waals surface area contributed by atoms with Gasteiger partial charge in [-0.3, -0.25) is 0 Å². The smallest absolute Gasteiger partial charge is 0.407 e. The minimum Gasteiger partial charge on any atom is -0.444 e. The molecule has 1 aliphatic rings. The number of ether oxygens (including phenoxy) is 1. The van der Waals surface area contributed by atoms with Crippen molar-refractivity contribution in [3.63, 3.8) is 0 Å². The highest BCUT2D eigenvalue weighted by atomic mass is 32.2. The number of nitrogens with one attached hydrogen (secondary N) is 1. The summed E-state index contributed by atoms with van der Waals surface area (Å²) < 4.78 is 31.2. The molecule has 1 aliphatic heterocycles. The van der Waals surface area contributed by atoms with E-state index in [0.29, 0.717) is 31.9 Å². The van der Waals surface area contributed by atoms with Gasteiger partial charge in [0.1, 0.15) is 16.3 Å². The van der Waals surface area contributed by atoms with Crippen molar-refractivity contribution < 1.29 is 17.9 Å². The molecule has 2 heterocycles. The molecule has 3 rings (SSSR count). The number of rotatable bonds is 5. The zero-order valence-electron chi connectivity index (χ0n) is 19.0. The fraction of sp³-hybridized carbons (Fsp3) is 0.500. The SMILES string of the molecule is CCc1ccc(S(=O)(=O)c2cnc(N3CCC(NC(=O)OC(C)(C)C)CC3)nc2N)cc1. The van der Waals surface area contributed by atoms with Gasteiger partial charge >= 0.3 is 6.09 Å². The molecule has 1 aromatic carbocycles. The number of sulfone groups is 1. The average molecular weight is 462 g/mol. The first kappa shape index (κ1) is 23.8. The Morgan fingerprint density at radius 3 is 2.38 bits per heavy atom. The van der Waals surface area contributed by atoms with E-state index in [-0.39, 0.29) is 21.7 Å². The molecule has 2 aromatic rings. The van der Waals surface area contributed by atoms with Crippen molar-refractivity contribution in [2.45, 2.75) is 68.4 Å². The number of nitrogens with zero attached hydrogens (tertiary/aromatic N) is 3. The standard InChI is InChI=1S/C22H31N5O4S/c1-5-15-6-8-17(9-7-15)32(29,30)18-14-24-20(26-19(18)23)27-12-10-16(11-13-27)25-21(28)31-22(2,3)4/h6-9,14,16H,5,10-13H2,1-4H3,(H,25,28)(H2,23,24,26). The maximum absolute atomic E-state index is 13.0. The van der Waals surface area contributed by atoms with Crippen molar-refractivity contribution >= 4 is 27.7 Å². The van der Waals surface area contributed by atoms with Crippen LogP contribution in [0.5, 0.6) is 0 Å². The fourth-order valence-electron chi connectivity index (χ4n) is 3.46. The van der Waals surface area contributed by atoms with Crippen LogP contribution >= 0.6 is 0 Å². The van der Waals surface area contributed by atoms with Gasteiger partial charge in [0.15, 0.2) is 0 Å². The van der Waals surface area contributed by atoms with E-state index in [1.807, 2.05) is 32.6 Å². The Bertz CT molecular complexity index is 1060. The first-order chi connectivity index (χ1) is 15.0. The Labute approximate surface area is 189 Å². The summed E-state index contributed by atoms with van der Waals surface area (Å²) in [7, 11) is -3.81. The lowest BCUT2D eigenvalue weighted by molar-refractivity contribution is 0.0497. The predicted molar refractivity (Wildman–Crippen MR) is 122 cm³/mol. The quantitative estimate of drug-likeness (QED) is 0.696. The molecule has 10 heteroatoms. The number of hydrogen-bond donors (Lipinski definition) is 2. The van der Waals surface area contributed by atoms with Crippen LogP contribution in [0.15, 0.2) is 40.3 Å². The summed E-state index contributed by atoms with van der Waals surface area (Å²) >= 11 is 0. The van der Waals surface area contributed by atoms with Crippen LogP contribution < -0.4 is 16.0 Å². The molecule has 0 spiro atoms. The molecule has 1 aromatic heterocycles. The van der Waals surface area contributed by atoms with Gasteiger partial charge in [-0.1, -0.05) is 19.1 Å². The predicted octanol–water partition coefficient (Wildman–Crippen LogP) is 2.95. The van der Waals surface area contributed by atoms with Crippen LogP contribution in [0.2, 0.25) is 0 Å².